The molecule has 0 amide bonds. The van der Waals surface area contributed by atoms with Gasteiger partial charge in [-0.3, -0.25) is 14.4 Å². The molecule has 0 aliphatic carbocycles. The van der Waals surface area contributed by atoms with E-state index in [0.29, 0.717) is 11.1 Å². The van der Waals surface area contributed by atoms with Gasteiger partial charge in [-0.25, -0.2) is 0 Å². The lowest BCUT2D eigenvalue weighted by molar-refractivity contribution is 0.166. The van der Waals surface area contributed by atoms with Gasteiger partial charge in [0, 0.05) is 24.8 Å². The summed E-state index contributed by atoms with van der Waals surface area (Å²) in [6.45, 7) is 2.90. The van der Waals surface area contributed by atoms with Gasteiger partial charge in [-0.15, -0.1) is 0 Å². The molecule has 2 aromatic heterocycles. The van der Waals surface area contributed by atoms with Crippen LogP contribution in [0.3, 0.4) is 0 Å². The second kappa shape index (κ2) is 9.84. The molecule has 1 N–H and O–H groups in total. The number of hydrogen-bond donors (Lipinski definition) is 1. The van der Waals surface area contributed by atoms with Crippen LogP contribution in [0, 0.1) is 0 Å². The first-order chi connectivity index (χ1) is 17.7. The van der Waals surface area contributed by atoms with Gasteiger partial charge >= 0.3 is 0 Å². The third-order valence-corrected chi connectivity index (χ3v) is 6.81. The van der Waals surface area contributed by atoms with Crippen LogP contribution in [0.5, 0.6) is 11.5 Å². The van der Waals surface area contributed by atoms with Gasteiger partial charge in [-0.1, -0.05) is 48.5 Å². The molecule has 3 heterocycles. The second-order valence-corrected chi connectivity index (χ2v) is 9.32. The number of pyridine rings is 1. The summed E-state index contributed by atoms with van der Waals surface area (Å²) in [6.07, 6.45) is 3.86. The predicted octanol–water partition coefficient (Wildman–Crippen LogP) is 6.02. The Morgan fingerprint density at radius 2 is 1.61 bits per heavy atom. The summed E-state index contributed by atoms with van der Waals surface area (Å²) in [6, 6.07) is 30.3. The van der Waals surface area contributed by atoms with Gasteiger partial charge in [0.2, 0.25) is 0 Å². The zero-order valence-corrected chi connectivity index (χ0v) is 20.0. The monoisotopic (exact) mass is 476 g/mol. The number of nitrogens with one attached hydrogen (secondary N) is 1. The average molecular weight is 477 g/mol. The quantitative estimate of drug-likeness (QED) is 0.325. The lowest BCUT2D eigenvalue weighted by Crippen LogP contribution is -2.36. The standard InChI is InChI=1S/C30H28N4O2/c35-30-28-27(17-18-31-30)34(24-10-7-19-33(21-24)20-22-8-3-1-4-9-22)32-29(28)23-13-15-26(16-14-23)36-25-11-5-2-6-12-25/h1-6,8-9,11-18,24H,7,10,19-21H2,(H,31,35). The van der Waals surface area contributed by atoms with E-state index in [1.807, 2.05) is 60.7 Å². The largest absolute Gasteiger partial charge is 0.457 e. The van der Waals surface area contributed by atoms with Crippen LogP contribution in [-0.2, 0) is 6.54 Å². The van der Waals surface area contributed by atoms with Crippen LogP contribution in [0.25, 0.3) is 22.2 Å². The summed E-state index contributed by atoms with van der Waals surface area (Å²) < 4.78 is 8.02. The zero-order valence-electron chi connectivity index (χ0n) is 20.0. The van der Waals surface area contributed by atoms with Crippen molar-refractivity contribution >= 4 is 10.9 Å². The summed E-state index contributed by atoms with van der Waals surface area (Å²) in [5, 5.41) is 5.66. The molecule has 1 saturated heterocycles. The lowest BCUT2D eigenvalue weighted by Gasteiger charge is -2.33. The Labute approximate surface area is 209 Å². The number of ether oxygens (including phenoxy) is 1. The number of H-pyrrole nitrogens is 1. The van der Waals surface area contributed by atoms with E-state index in [1.165, 1.54) is 5.56 Å². The summed E-state index contributed by atoms with van der Waals surface area (Å²) in [7, 11) is 0. The number of fused-ring (bicyclic) bond motifs is 1. The maximum atomic E-state index is 12.9. The number of para-hydroxylation sites is 1. The van der Waals surface area contributed by atoms with Crippen LogP contribution in [0.2, 0.25) is 0 Å². The van der Waals surface area contributed by atoms with Crippen molar-refractivity contribution in [3.63, 3.8) is 0 Å². The summed E-state index contributed by atoms with van der Waals surface area (Å²) in [5.41, 5.74) is 3.68. The van der Waals surface area contributed by atoms with E-state index in [0.717, 1.165) is 55.1 Å². The molecule has 36 heavy (non-hydrogen) atoms. The first-order valence-electron chi connectivity index (χ1n) is 12.4. The normalized spacial score (nSPS) is 16.3. The molecule has 6 heteroatoms. The molecule has 5 aromatic rings. The zero-order chi connectivity index (χ0) is 24.3. The first kappa shape index (κ1) is 22.3. The van der Waals surface area contributed by atoms with Gasteiger partial charge in [-0.05, 0) is 67.4 Å². The third-order valence-electron chi connectivity index (χ3n) is 6.81. The Balaban J connectivity index is 1.30. The number of hydrogen-bond acceptors (Lipinski definition) is 4. The van der Waals surface area contributed by atoms with E-state index in [-0.39, 0.29) is 11.6 Å². The van der Waals surface area contributed by atoms with Crippen LogP contribution in [0.1, 0.15) is 24.4 Å². The van der Waals surface area contributed by atoms with Crippen LogP contribution >= 0.6 is 0 Å². The van der Waals surface area contributed by atoms with E-state index in [2.05, 4.69) is 44.9 Å². The molecule has 0 spiro atoms. The second-order valence-electron chi connectivity index (χ2n) is 9.32. The van der Waals surface area contributed by atoms with Gasteiger partial charge < -0.3 is 9.72 Å². The molecule has 1 aliphatic heterocycles. The minimum Gasteiger partial charge on any atom is -0.457 e. The minimum absolute atomic E-state index is 0.115. The Hall–Kier alpha value is -4.16. The average Bonchev–Trinajstić information content (AvgIpc) is 3.32. The molecule has 6 rings (SSSR count). The van der Waals surface area contributed by atoms with Crippen molar-refractivity contribution in [1.29, 1.82) is 0 Å². The van der Waals surface area contributed by atoms with Crippen molar-refractivity contribution in [3.05, 3.63) is 113 Å². The summed E-state index contributed by atoms with van der Waals surface area (Å²) >= 11 is 0. The van der Waals surface area contributed by atoms with Crippen molar-refractivity contribution in [1.82, 2.24) is 19.7 Å². The highest BCUT2D eigenvalue weighted by Crippen LogP contribution is 2.32. The van der Waals surface area contributed by atoms with Gasteiger partial charge in [0.25, 0.3) is 5.56 Å². The maximum absolute atomic E-state index is 12.9. The number of rotatable bonds is 6. The lowest BCUT2D eigenvalue weighted by atomic mass is 10.0. The predicted molar refractivity (Wildman–Crippen MR) is 142 cm³/mol. The van der Waals surface area contributed by atoms with Gasteiger partial charge in [0.15, 0.2) is 0 Å². The van der Waals surface area contributed by atoms with Crippen LogP contribution in [0.4, 0.5) is 0 Å². The number of piperidine rings is 1. The molecule has 3 aromatic carbocycles. The highest BCUT2D eigenvalue weighted by atomic mass is 16.5. The van der Waals surface area contributed by atoms with Crippen molar-refractivity contribution in [3.8, 4) is 22.8 Å². The molecule has 0 radical (unpaired) electrons. The molecule has 1 unspecified atom stereocenters. The fraction of sp³-hybridized carbons (Fsp3) is 0.200. The SMILES string of the molecule is O=c1[nH]ccc2c1c(-c1ccc(Oc3ccccc3)cc1)nn2C1CCCN(Cc2ccccc2)C1. The molecular formula is C30H28N4O2. The molecule has 0 bridgehead atoms. The van der Waals surface area contributed by atoms with Crippen LogP contribution in [0.15, 0.2) is 102 Å². The molecule has 180 valence electrons. The van der Waals surface area contributed by atoms with E-state index in [4.69, 9.17) is 9.84 Å². The molecule has 1 fully saturated rings. The van der Waals surface area contributed by atoms with Crippen molar-refractivity contribution < 1.29 is 4.74 Å². The van der Waals surface area contributed by atoms with Crippen LogP contribution < -0.4 is 10.3 Å². The number of nitrogens with zero attached hydrogens (tertiary/aromatic N) is 3. The van der Waals surface area contributed by atoms with Crippen molar-refractivity contribution in [2.24, 2.45) is 0 Å². The number of likely N-dealkylation sites (tertiary alicyclic amines) is 1. The van der Waals surface area contributed by atoms with E-state index in [1.54, 1.807) is 6.20 Å². The molecule has 1 atom stereocenters. The summed E-state index contributed by atoms with van der Waals surface area (Å²) in [5.74, 6) is 1.53. The summed E-state index contributed by atoms with van der Waals surface area (Å²) in [4.78, 5) is 18.3. The molecule has 0 saturated carbocycles. The Morgan fingerprint density at radius 1 is 0.889 bits per heavy atom. The molecule has 6 nitrogen and oxygen atoms in total. The molecule has 1 aliphatic rings. The fourth-order valence-electron chi connectivity index (χ4n) is 5.10. The fourth-order valence-corrected chi connectivity index (χ4v) is 5.10. The molecular weight excluding hydrogens is 448 g/mol. The van der Waals surface area contributed by atoms with Gasteiger partial charge in [0.05, 0.1) is 16.9 Å². The Morgan fingerprint density at radius 3 is 2.39 bits per heavy atom. The third kappa shape index (κ3) is 4.55. The van der Waals surface area contributed by atoms with Crippen molar-refractivity contribution in [2.75, 3.05) is 13.1 Å². The number of aromatic amines is 1. The Bertz CT molecular complexity index is 1510. The minimum atomic E-state index is -0.115. The van der Waals surface area contributed by atoms with E-state index < -0.39 is 0 Å². The van der Waals surface area contributed by atoms with Crippen LogP contribution in [-0.4, -0.2) is 32.8 Å². The number of aromatic nitrogens is 3. The highest BCUT2D eigenvalue weighted by molar-refractivity contribution is 5.92. The van der Waals surface area contributed by atoms with E-state index in [9.17, 15) is 4.79 Å². The highest BCUT2D eigenvalue weighted by Gasteiger charge is 2.26. The topological polar surface area (TPSA) is 63.2 Å². The maximum Gasteiger partial charge on any atom is 0.259 e. The van der Waals surface area contributed by atoms with Gasteiger partial charge in [-0.2, -0.15) is 5.10 Å². The van der Waals surface area contributed by atoms with E-state index >= 15 is 0 Å². The van der Waals surface area contributed by atoms with Gasteiger partial charge in [0.1, 0.15) is 17.2 Å². The Kier molecular flexibility index (Phi) is 6.10. The smallest absolute Gasteiger partial charge is 0.259 e. The number of benzene rings is 3. The van der Waals surface area contributed by atoms with Crippen molar-refractivity contribution in [2.45, 2.75) is 25.4 Å². The first-order valence-corrected chi connectivity index (χ1v) is 12.4.